The van der Waals surface area contributed by atoms with Crippen molar-refractivity contribution in [1.82, 2.24) is 39.1 Å². The number of anilines is 1. The van der Waals surface area contributed by atoms with E-state index in [4.69, 9.17) is 5.10 Å². The summed E-state index contributed by atoms with van der Waals surface area (Å²) >= 11 is 0. The summed E-state index contributed by atoms with van der Waals surface area (Å²) in [5, 5.41) is 10.3. The maximum atomic E-state index is 16.1. The van der Waals surface area contributed by atoms with Crippen LogP contribution >= 0.6 is 0 Å². The van der Waals surface area contributed by atoms with E-state index in [1.165, 1.54) is 28.3 Å². The molecule has 2 saturated heterocycles. The molecule has 1 aliphatic carbocycles. The molecule has 294 valence electrons. The zero-order valence-electron chi connectivity index (χ0n) is 30.2. The Morgan fingerprint density at radius 1 is 1.02 bits per heavy atom. The van der Waals surface area contributed by atoms with E-state index >= 15 is 8.78 Å². The number of nitrogens with one attached hydrogen (secondary N) is 2. The lowest BCUT2D eigenvalue weighted by molar-refractivity contribution is -0.141. The lowest BCUT2D eigenvalue weighted by Crippen LogP contribution is -2.44. The van der Waals surface area contributed by atoms with Gasteiger partial charge in [-0.2, -0.15) is 18.3 Å². The van der Waals surface area contributed by atoms with E-state index in [9.17, 15) is 32.3 Å². The predicted octanol–water partition coefficient (Wildman–Crippen LogP) is 5.43. The number of hydrogen-bond donors (Lipinski definition) is 2. The number of aromatic nitrogens is 6. The average Bonchev–Trinajstić information content (AvgIpc) is 3.70. The van der Waals surface area contributed by atoms with Gasteiger partial charge >= 0.3 is 11.9 Å². The third kappa shape index (κ3) is 7.05. The zero-order valence-corrected chi connectivity index (χ0v) is 30.2. The Labute approximate surface area is 315 Å². The molecule has 1 unspecified atom stereocenters. The SMILES string of the molecule is Cn1c(=O)n(C2CCC(=O)NC2=O)c2ccc(F)c([C@H]3CCN(CC4CCC(n5cc6cc(NC(=O)c7cncc(C(F)(F)F)n7)ccc6n5)CC4)C[C@@H]3F)c21. The topological polar surface area (TPSA) is 149 Å². The molecule has 3 aliphatic rings. The second kappa shape index (κ2) is 14.5. The van der Waals surface area contributed by atoms with Gasteiger partial charge in [-0.25, -0.2) is 18.6 Å². The Bertz CT molecular complexity index is 2420. The minimum absolute atomic E-state index is 0.0690. The van der Waals surface area contributed by atoms with Gasteiger partial charge in [-0.05, 0) is 81.3 Å². The first-order valence-corrected chi connectivity index (χ1v) is 18.5. The molecule has 3 amide bonds. The normalized spacial score (nSPS) is 23.8. The van der Waals surface area contributed by atoms with Crippen molar-refractivity contribution in [3.63, 3.8) is 0 Å². The van der Waals surface area contributed by atoms with E-state index in [1.54, 1.807) is 18.2 Å². The van der Waals surface area contributed by atoms with Crippen molar-refractivity contribution in [3.05, 3.63) is 82.2 Å². The number of piperidine rings is 2. The van der Waals surface area contributed by atoms with Crippen molar-refractivity contribution in [2.75, 3.05) is 25.0 Å². The number of benzene rings is 2. The summed E-state index contributed by atoms with van der Waals surface area (Å²) in [5.74, 6) is -2.91. The van der Waals surface area contributed by atoms with Crippen molar-refractivity contribution in [3.8, 4) is 0 Å². The van der Waals surface area contributed by atoms with E-state index in [0.29, 0.717) is 48.3 Å². The van der Waals surface area contributed by atoms with Crippen molar-refractivity contribution < 1.29 is 36.3 Å². The van der Waals surface area contributed by atoms with Crippen LogP contribution in [0.2, 0.25) is 0 Å². The predicted molar refractivity (Wildman–Crippen MR) is 193 cm³/mol. The number of halogens is 5. The molecule has 2 aliphatic heterocycles. The summed E-state index contributed by atoms with van der Waals surface area (Å²) in [5.41, 5.74) is -0.465. The van der Waals surface area contributed by atoms with E-state index in [1.807, 2.05) is 10.9 Å². The van der Waals surface area contributed by atoms with Crippen molar-refractivity contribution in [2.24, 2.45) is 13.0 Å². The molecule has 0 spiro atoms. The van der Waals surface area contributed by atoms with Crippen LogP contribution in [-0.4, -0.2) is 77.3 Å². The van der Waals surface area contributed by atoms with E-state index in [0.717, 1.165) is 37.3 Å². The number of hydrogen-bond acceptors (Lipinski definition) is 8. The Balaban J connectivity index is 0.885. The highest BCUT2D eigenvalue weighted by molar-refractivity contribution is 6.03. The van der Waals surface area contributed by atoms with Gasteiger partial charge in [0.2, 0.25) is 11.8 Å². The molecule has 18 heteroatoms. The maximum Gasteiger partial charge on any atom is 0.434 e. The third-order valence-corrected chi connectivity index (χ3v) is 11.4. The van der Waals surface area contributed by atoms with Gasteiger partial charge in [-0.1, -0.05) is 0 Å². The number of imide groups is 1. The van der Waals surface area contributed by atoms with Gasteiger partial charge < -0.3 is 10.2 Å². The van der Waals surface area contributed by atoms with Crippen LogP contribution in [0.25, 0.3) is 21.9 Å². The molecule has 3 fully saturated rings. The molecule has 8 rings (SSSR count). The molecular weight excluding hydrogens is 741 g/mol. The van der Waals surface area contributed by atoms with Crippen LogP contribution < -0.4 is 16.3 Å². The van der Waals surface area contributed by atoms with E-state index < -0.39 is 64.9 Å². The van der Waals surface area contributed by atoms with E-state index in [2.05, 4.69) is 25.5 Å². The molecule has 3 aromatic heterocycles. The summed E-state index contributed by atoms with van der Waals surface area (Å²) in [6, 6.07) is 6.88. The Kier molecular flexibility index (Phi) is 9.70. The van der Waals surface area contributed by atoms with Crippen LogP contribution in [0.15, 0.2) is 53.7 Å². The number of amides is 3. The highest BCUT2D eigenvalue weighted by Gasteiger charge is 2.38. The standard InChI is InChI=1S/C38H38F5N9O4/c1-49-34-29(52(37(49)56)30-10-11-32(53)47-36(30)55)9-7-25(39)33(34)24-12-13-50(19-26(24)40)17-20-2-5-23(6-3-20)51-18-21-14-22(4-8-27(21)48-51)45-35(54)28-15-44-16-31(46-28)38(41,42)43/h4,7-9,14-16,18,20,23-24,26,30H,2-3,5-6,10-13,17,19H2,1H3,(H,45,54)(H,47,53,55)/t20?,23?,24-,26-,30?/m0/s1. The number of carbonyl (C=O) groups is 3. The molecule has 2 N–H and O–H groups in total. The lowest BCUT2D eigenvalue weighted by Gasteiger charge is -2.38. The fraction of sp³-hybridized carbons (Fsp3) is 0.447. The molecule has 56 heavy (non-hydrogen) atoms. The highest BCUT2D eigenvalue weighted by Crippen LogP contribution is 2.39. The number of imidazole rings is 1. The fourth-order valence-corrected chi connectivity index (χ4v) is 8.59. The number of alkyl halides is 4. The molecule has 0 bridgehead atoms. The number of nitrogens with zero attached hydrogens (tertiary/aromatic N) is 7. The van der Waals surface area contributed by atoms with Gasteiger partial charge in [0.1, 0.15) is 23.7 Å². The highest BCUT2D eigenvalue weighted by atomic mass is 19.4. The number of rotatable bonds is 7. The van der Waals surface area contributed by atoms with Gasteiger partial charge in [0, 0.05) is 55.3 Å². The number of aryl methyl sites for hydroxylation is 1. The monoisotopic (exact) mass is 779 g/mol. The molecule has 5 aromatic rings. The summed E-state index contributed by atoms with van der Waals surface area (Å²) in [4.78, 5) is 59.4. The molecule has 3 atom stereocenters. The second-order valence-corrected chi connectivity index (χ2v) is 15.0. The maximum absolute atomic E-state index is 16.1. The van der Waals surface area contributed by atoms with E-state index in [-0.39, 0.29) is 36.5 Å². The second-order valence-electron chi connectivity index (χ2n) is 15.0. The quantitative estimate of drug-likeness (QED) is 0.164. The molecular formula is C38H38F5N9O4. The van der Waals surface area contributed by atoms with Crippen LogP contribution in [0, 0.1) is 11.7 Å². The van der Waals surface area contributed by atoms with Gasteiger partial charge in [0.15, 0.2) is 5.69 Å². The van der Waals surface area contributed by atoms with Crippen molar-refractivity contribution in [2.45, 2.75) is 75.3 Å². The lowest BCUT2D eigenvalue weighted by atomic mass is 9.83. The zero-order chi connectivity index (χ0) is 39.5. The molecule has 2 aromatic carbocycles. The van der Waals surface area contributed by atoms with Gasteiger partial charge in [0.25, 0.3) is 5.91 Å². The van der Waals surface area contributed by atoms with Crippen LogP contribution in [-0.2, 0) is 22.8 Å². The Morgan fingerprint density at radius 3 is 2.54 bits per heavy atom. The molecule has 1 saturated carbocycles. The third-order valence-electron chi connectivity index (χ3n) is 11.4. The van der Waals surface area contributed by atoms with Crippen LogP contribution in [0.1, 0.15) is 84.7 Å². The largest absolute Gasteiger partial charge is 0.434 e. The number of carbonyl (C=O) groups excluding carboxylic acids is 3. The van der Waals surface area contributed by atoms with Gasteiger partial charge in [-0.15, -0.1) is 0 Å². The van der Waals surface area contributed by atoms with Crippen LogP contribution in [0.4, 0.5) is 27.6 Å². The molecule has 0 radical (unpaired) electrons. The summed E-state index contributed by atoms with van der Waals surface area (Å²) in [6.45, 7) is 1.36. The minimum atomic E-state index is -4.73. The van der Waals surface area contributed by atoms with Crippen molar-refractivity contribution >= 4 is 45.3 Å². The Morgan fingerprint density at radius 2 is 1.80 bits per heavy atom. The van der Waals surface area contributed by atoms with Gasteiger partial charge in [0.05, 0.1) is 35.0 Å². The first-order valence-electron chi connectivity index (χ1n) is 18.5. The number of likely N-dealkylation sites (tertiary alicyclic amines) is 1. The first-order chi connectivity index (χ1) is 26.7. The number of fused-ring (bicyclic) bond motifs is 2. The van der Waals surface area contributed by atoms with Crippen LogP contribution in [0.5, 0.6) is 0 Å². The van der Waals surface area contributed by atoms with Gasteiger partial charge in [-0.3, -0.25) is 38.5 Å². The van der Waals surface area contributed by atoms with Crippen molar-refractivity contribution in [1.29, 1.82) is 0 Å². The smallest absolute Gasteiger partial charge is 0.321 e. The Hall–Kier alpha value is -5.52. The summed E-state index contributed by atoms with van der Waals surface area (Å²) in [7, 11) is 1.49. The molecule has 13 nitrogen and oxygen atoms in total. The summed E-state index contributed by atoms with van der Waals surface area (Å²) in [6.07, 6.45) is 1.31. The molecule has 5 heterocycles. The summed E-state index contributed by atoms with van der Waals surface area (Å²) < 4.78 is 75.2. The average molecular weight is 780 g/mol. The van der Waals surface area contributed by atoms with Crippen LogP contribution in [0.3, 0.4) is 0 Å². The first kappa shape index (κ1) is 37.4. The minimum Gasteiger partial charge on any atom is -0.321 e. The fourth-order valence-electron chi connectivity index (χ4n) is 8.59.